The van der Waals surface area contributed by atoms with Crippen molar-refractivity contribution in [3.63, 3.8) is 0 Å². The van der Waals surface area contributed by atoms with Crippen LogP contribution in [-0.2, 0) is 5.41 Å². The molecule has 0 atom stereocenters. The van der Waals surface area contributed by atoms with E-state index in [0.717, 1.165) is 5.56 Å². The third-order valence-corrected chi connectivity index (χ3v) is 1.73. The molecule has 0 amide bonds. The van der Waals surface area contributed by atoms with Crippen LogP contribution in [0.15, 0.2) is 18.5 Å². The molecule has 1 aromatic heterocycles. The maximum Gasteiger partial charge on any atom is 0.193 e. The summed E-state index contributed by atoms with van der Waals surface area (Å²) in [6, 6.07) is 1.76. The Morgan fingerprint density at radius 1 is 1.42 bits per heavy atom. The fourth-order valence-corrected chi connectivity index (χ4v) is 1.06. The number of aromatic nitrogens is 1. The molecular weight excluding hydrogens is 148 g/mol. The second-order valence-corrected chi connectivity index (χ2v) is 3.75. The normalized spacial score (nSPS) is 10.8. The van der Waals surface area contributed by atoms with Crippen LogP contribution in [0.1, 0.15) is 26.3 Å². The molecule has 2 heteroatoms. The molecule has 1 aromatic rings. The first-order valence-electron chi connectivity index (χ1n) is 3.87. The lowest BCUT2D eigenvalue weighted by atomic mass is 9.87. The van der Waals surface area contributed by atoms with Crippen molar-refractivity contribution in [2.24, 2.45) is 0 Å². The Hall–Kier alpha value is -1.36. The Bertz CT molecular complexity index is 315. The molecule has 12 heavy (non-hydrogen) atoms. The van der Waals surface area contributed by atoms with Crippen LogP contribution in [-0.4, -0.2) is 4.98 Å². The number of nitrogens with zero attached hydrogens (tertiary/aromatic N) is 2. The number of hydrogen-bond acceptors (Lipinski definition) is 1. The maximum absolute atomic E-state index is 6.96. The summed E-state index contributed by atoms with van der Waals surface area (Å²) in [4.78, 5) is 7.46. The highest BCUT2D eigenvalue weighted by molar-refractivity contribution is 5.53. The van der Waals surface area contributed by atoms with Crippen molar-refractivity contribution in [1.29, 1.82) is 0 Å². The van der Waals surface area contributed by atoms with Crippen molar-refractivity contribution in [2.45, 2.75) is 26.2 Å². The standard InChI is InChI=1S/C10H12N2/c1-10(2,3)8-7-12-6-5-9(8)11-4/h5-7H,1-3H3. The van der Waals surface area contributed by atoms with Crippen molar-refractivity contribution in [2.75, 3.05) is 0 Å². The van der Waals surface area contributed by atoms with Gasteiger partial charge in [-0.25, -0.2) is 4.85 Å². The number of pyridine rings is 1. The highest BCUT2D eigenvalue weighted by atomic mass is 14.7. The molecule has 0 aliphatic carbocycles. The lowest BCUT2D eigenvalue weighted by molar-refractivity contribution is 0.590. The molecule has 0 N–H and O–H groups in total. The van der Waals surface area contributed by atoms with Crippen molar-refractivity contribution in [3.8, 4) is 0 Å². The lowest BCUT2D eigenvalue weighted by Crippen LogP contribution is -2.11. The molecule has 0 radical (unpaired) electrons. The van der Waals surface area contributed by atoms with Gasteiger partial charge in [-0.15, -0.1) is 0 Å². The van der Waals surface area contributed by atoms with Crippen LogP contribution in [0.3, 0.4) is 0 Å². The van der Waals surface area contributed by atoms with Crippen LogP contribution in [0.2, 0.25) is 0 Å². The lowest BCUT2D eigenvalue weighted by Gasteiger charge is -2.19. The van der Waals surface area contributed by atoms with Crippen molar-refractivity contribution < 1.29 is 0 Å². The number of rotatable bonds is 0. The first kappa shape index (κ1) is 8.73. The summed E-state index contributed by atoms with van der Waals surface area (Å²) < 4.78 is 0. The Morgan fingerprint density at radius 3 is 2.50 bits per heavy atom. The van der Waals surface area contributed by atoms with Crippen molar-refractivity contribution in [1.82, 2.24) is 4.98 Å². The van der Waals surface area contributed by atoms with E-state index in [-0.39, 0.29) is 5.41 Å². The van der Waals surface area contributed by atoms with Crippen LogP contribution in [0.4, 0.5) is 5.69 Å². The Kier molecular flexibility index (Phi) is 2.14. The van der Waals surface area contributed by atoms with E-state index in [1.165, 1.54) is 0 Å². The summed E-state index contributed by atoms with van der Waals surface area (Å²) in [6.45, 7) is 13.2. The second kappa shape index (κ2) is 2.94. The average molecular weight is 160 g/mol. The van der Waals surface area contributed by atoms with Gasteiger partial charge in [0.15, 0.2) is 5.69 Å². The molecule has 0 saturated heterocycles. The molecule has 2 nitrogen and oxygen atoms in total. The van der Waals surface area contributed by atoms with E-state index in [2.05, 4.69) is 30.6 Å². The van der Waals surface area contributed by atoms with Gasteiger partial charge >= 0.3 is 0 Å². The van der Waals surface area contributed by atoms with Gasteiger partial charge < -0.3 is 0 Å². The van der Waals surface area contributed by atoms with Crippen LogP contribution in [0, 0.1) is 6.57 Å². The zero-order valence-corrected chi connectivity index (χ0v) is 7.63. The predicted octanol–water partition coefficient (Wildman–Crippen LogP) is 2.93. The minimum Gasteiger partial charge on any atom is -0.267 e. The van der Waals surface area contributed by atoms with Crippen molar-refractivity contribution in [3.05, 3.63) is 35.4 Å². The molecular formula is C10H12N2. The zero-order valence-electron chi connectivity index (χ0n) is 7.63. The van der Waals surface area contributed by atoms with E-state index in [9.17, 15) is 0 Å². The smallest absolute Gasteiger partial charge is 0.193 e. The van der Waals surface area contributed by atoms with Crippen molar-refractivity contribution >= 4 is 5.69 Å². The zero-order chi connectivity index (χ0) is 9.19. The molecule has 0 saturated carbocycles. The molecule has 0 aliphatic rings. The molecule has 0 unspecified atom stereocenters. The van der Waals surface area contributed by atoms with Gasteiger partial charge in [-0.05, 0) is 17.0 Å². The van der Waals surface area contributed by atoms with Crippen LogP contribution in [0.5, 0.6) is 0 Å². The first-order valence-corrected chi connectivity index (χ1v) is 3.87. The Labute approximate surface area is 73.1 Å². The molecule has 62 valence electrons. The van der Waals surface area contributed by atoms with Gasteiger partial charge in [0.2, 0.25) is 0 Å². The summed E-state index contributed by atoms with van der Waals surface area (Å²) >= 11 is 0. The molecule has 0 fully saturated rings. The Morgan fingerprint density at radius 2 is 2.08 bits per heavy atom. The third-order valence-electron chi connectivity index (χ3n) is 1.73. The average Bonchev–Trinajstić information content (AvgIpc) is 2.03. The second-order valence-electron chi connectivity index (χ2n) is 3.75. The van der Waals surface area contributed by atoms with E-state index in [4.69, 9.17) is 6.57 Å². The molecule has 1 heterocycles. The maximum atomic E-state index is 6.96. The summed E-state index contributed by atoms with van der Waals surface area (Å²) in [5, 5.41) is 0. The van der Waals surface area contributed by atoms with Gasteiger partial charge in [-0.1, -0.05) is 20.8 Å². The molecule has 0 bridgehead atoms. The van der Waals surface area contributed by atoms with E-state index in [0.29, 0.717) is 5.69 Å². The van der Waals surface area contributed by atoms with Crippen LogP contribution in [0.25, 0.3) is 4.85 Å². The van der Waals surface area contributed by atoms with Gasteiger partial charge in [-0.3, -0.25) is 4.98 Å². The minimum atomic E-state index is 0.00808. The van der Waals surface area contributed by atoms with Gasteiger partial charge in [0.25, 0.3) is 0 Å². The topological polar surface area (TPSA) is 17.2 Å². The molecule has 0 aromatic carbocycles. The van der Waals surface area contributed by atoms with Gasteiger partial charge in [0.1, 0.15) is 0 Å². The van der Waals surface area contributed by atoms with E-state index in [1.54, 1.807) is 18.5 Å². The molecule has 0 aliphatic heterocycles. The minimum absolute atomic E-state index is 0.00808. The van der Waals surface area contributed by atoms with E-state index in [1.807, 2.05) is 0 Å². The first-order chi connectivity index (χ1) is 5.55. The van der Waals surface area contributed by atoms with E-state index >= 15 is 0 Å². The monoisotopic (exact) mass is 160 g/mol. The van der Waals surface area contributed by atoms with Crippen LogP contribution < -0.4 is 0 Å². The number of hydrogen-bond donors (Lipinski definition) is 0. The van der Waals surface area contributed by atoms with Gasteiger partial charge in [0.05, 0.1) is 6.57 Å². The van der Waals surface area contributed by atoms with Crippen LogP contribution >= 0.6 is 0 Å². The van der Waals surface area contributed by atoms with Gasteiger partial charge in [-0.2, -0.15) is 0 Å². The highest BCUT2D eigenvalue weighted by Crippen LogP contribution is 2.29. The SMILES string of the molecule is [C-]#[N+]c1ccncc1C(C)(C)C. The molecule has 1 rings (SSSR count). The predicted molar refractivity (Wildman–Crippen MR) is 49.2 cm³/mol. The largest absolute Gasteiger partial charge is 0.267 e. The quantitative estimate of drug-likeness (QED) is 0.533. The highest BCUT2D eigenvalue weighted by Gasteiger charge is 2.17. The van der Waals surface area contributed by atoms with Gasteiger partial charge in [0, 0.05) is 12.4 Å². The Balaban J connectivity index is 3.26. The fraction of sp³-hybridized carbons (Fsp3) is 0.400. The van der Waals surface area contributed by atoms with E-state index < -0.39 is 0 Å². The molecule has 0 spiro atoms. The fourth-order valence-electron chi connectivity index (χ4n) is 1.06. The summed E-state index contributed by atoms with van der Waals surface area (Å²) in [7, 11) is 0. The summed E-state index contributed by atoms with van der Waals surface area (Å²) in [5.41, 5.74) is 1.73. The summed E-state index contributed by atoms with van der Waals surface area (Å²) in [5.74, 6) is 0. The summed E-state index contributed by atoms with van der Waals surface area (Å²) in [6.07, 6.45) is 3.43. The third kappa shape index (κ3) is 1.62.